The first-order valence-electron chi connectivity index (χ1n) is 6.55. The summed E-state index contributed by atoms with van der Waals surface area (Å²) in [5, 5.41) is 9.75. The quantitative estimate of drug-likeness (QED) is 0.812. The van der Waals surface area contributed by atoms with Gasteiger partial charge in [0, 0.05) is 13.0 Å². The summed E-state index contributed by atoms with van der Waals surface area (Å²) in [5.74, 6) is 2.68. The normalized spacial score (nSPS) is 26.7. The summed E-state index contributed by atoms with van der Waals surface area (Å²) in [6, 6.07) is 0. The van der Waals surface area contributed by atoms with Crippen LogP contribution in [0, 0.1) is 22.5 Å². The van der Waals surface area contributed by atoms with Gasteiger partial charge in [0.2, 0.25) is 5.91 Å². The van der Waals surface area contributed by atoms with E-state index in [9.17, 15) is 4.79 Å². The van der Waals surface area contributed by atoms with E-state index in [1.54, 1.807) is 4.57 Å². The first kappa shape index (κ1) is 11.9. The van der Waals surface area contributed by atoms with Gasteiger partial charge >= 0.3 is 0 Å². The average Bonchev–Trinajstić information content (AvgIpc) is 2.98. The highest BCUT2D eigenvalue weighted by molar-refractivity contribution is 7.71. The van der Waals surface area contributed by atoms with Crippen molar-refractivity contribution in [3.8, 4) is 0 Å². The Bertz CT molecular complexity index is 516. The molecule has 0 aliphatic heterocycles. The molecular weight excluding hydrogens is 248 g/mol. The van der Waals surface area contributed by atoms with E-state index in [1.165, 1.54) is 19.3 Å². The molecule has 18 heavy (non-hydrogen) atoms. The summed E-state index contributed by atoms with van der Waals surface area (Å²) in [6.07, 6.45) is 5.07. The first-order chi connectivity index (χ1) is 8.66. The maximum Gasteiger partial charge on any atom is 0.223 e. The van der Waals surface area contributed by atoms with Crippen LogP contribution in [0.1, 0.15) is 31.5 Å². The van der Waals surface area contributed by atoms with Gasteiger partial charge in [0.25, 0.3) is 0 Å². The van der Waals surface area contributed by atoms with Crippen LogP contribution >= 0.6 is 12.2 Å². The van der Waals surface area contributed by atoms with E-state index in [-0.39, 0.29) is 11.8 Å². The summed E-state index contributed by atoms with van der Waals surface area (Å²) in [4.78, 5) is 12.0. The molecule has 1 heterocycles. The van der Waals surface area contributed by atoms with Crippen LogP contribution in [0.2, 0.25) is 0 Å². The molecule has 0 aromatic carbocycles. The lowest BCUT2D eigenvalue weighted by Gasteiger charge is -2.25. The number of nitrogens with zero attached hydrogens (tertiary/aromatic N) is 2. The highest BCUT2D eigenvalue weighted by Gasteiger charge is 2.48. The highest BCUT2D eigenvalue weighted by atomic mass is 32.1. The molecule has 3 rings (SSSR count). The van der Waals surface area contributed by atoms with Crippen molar-refractivity contribution in [3.05, 3.63) is 10.6 Å². The maximum absolute atomic E-state index is 12.0. The van der Waals surface area contributed by atoms with Gasteiger partial charge in [0.05, 0.1) is 6.54 Å². The fourth-order valence-corrected chi connectivity index (χ4v) is 2.89. The number of rotatable bonds is 4. The van der Waals surface area contributed by atoms with Crippen molar-refractivity contribution in [1.82, 2.24) is 20.1 Å². The molecule has 6 heteroatoms. The van der Waals surface area contributed by atoms with Crippen molar-refractivity contribution in [2.75, 3.05) is 0 Å². The Labute approximate surface area is 111 Å². The number of carbonyl (C=O) groups is 1. The predicted octanol–water partition coefficient (Wildman–Crippen LogP) is 1.53. The third-order valence-corrected chi connectivity index (χ3v) is 4.69. The lowest BCUT2D eigenvalue weighted by atomic mass is 9.81. The monoisotopic (exact) mass is 266 g/mol. The minimum Gasteiger partial charge on any atom is -0.349 e. The summed E-state index contributed by atoms with van der Waals surface area (Å²) >= 11 is 5.03. The number of hydrogen-bond acceptors (Lipinski definition) is 3. The summed E-state index contributed by atoms with van der Waals surface area (Å²) in [6.45, 7) is 0.455. The highest BCUT2D eigenvalue weighted by Crippen LogP contribution is 2.51. The molecule has 2 saturated carbocycles. The molecular formula is C12H18N4OS. The molecule has 2 aliphatic rings. The second kappa shape index (κ2) is 4.50. The summed E-state index contributed by atoms with van der Waals surface area (Å²) in [7, 11) is 1.85. The fraction of sp³-hybridized carbons (Fsp3) is 0.750. The average molecular weight is 266 g/mol. The molecule has 2 fully saturated rings. The van der Waals surface area contributed by atoms with E-state index in [4.69, 9.17) is 12.2 Å². The Hall–Kier alpha value is -1.17. The van der Waals surface area contributed by atoms with Gasteiger partial charge in [-0.05, 0) is 30.5 Å². The fourth-order valence-electron chi connectivity index (χ4n) is 2.74. The van der Waals surface area contributed by atoms with Gasteiger partial charge in [-0.25, -0.2) is 0 Å². The van der Waals surface area contributed by atoms with Crippen LogP contribution in [0.4, 0.5) is 0 Å². The van der Waals surface area contributed by atoms with Crippen LogP contribution in [-0.2, 0) is 18.4 Å². The summed E-state index contributed by atoms with van der Waals surface area (Å²) in [5.41, 5.74) is 0. The van der Waals surface area contributed by atoms with Crippen molar-refractivity contribution in [2.45, 2.75) is 32.2 Å². The molecule has 98 valence electrons. The lowest BCUT2D eigenvalue weighted by Crippen LogP contribution is -2.28. The van der Waals surface area contributed by atoms with Crippen molar-refractivity contribution < 1.29 is 4.79 Å². The number of H-pyrrole nitrogens is 1. The minimum absolute atomic E-state index is 0.181. The van der Waals surface area contributed by atoms with Gasteiger partial charge in [0.1, 0.15) is 0 Å². The lowest BCUT2D eigenvalue weighted by molar-refractivity contribution is -0.123. The second-order valence-corrected chi connectivity index (χ2v) is 5.81. The third-order valence-electron chi connectivity index (χ3n) is 4.33. The zero-order valence-electron chi connectivity index (χ0n) is 10.5. The largest absolute Gasteiger partial charge is 0.349 e. The molecule has 0 saturated heterocycles. The van der Waals surface area contributed by atoms with Crippen molar-refractivity contribution in [2.24, 2.45) is 24.8 Å². The van der Waals surface area contributed by atoms with Gasteiger partial charge in [-0.3, -0.25) is 9.89 Å². The molecule has 5 nitrogen and oxygen atoms in total. The number of carbonyl (C=O) groups excluding carboxylic acids is 1. The molecule has 1 aromatic rings. The SMILES string of the molecule is Cn1c(CNC(=O)C2CC2C2CCC2)n[nH]c1=S. The predicted molar refractivity (Wildman–Crippen MR) is 69.2 cm³/mol. The van der Waals surface area contributed by atoms with E-state index in [0.29, 0.717) is 17.2 Å². The Morgan fingerprint density at radius 2 is 2.39 bits per heavy atom. The molecule has 2 atom stereocenters. The van der Waals surface area contributed by atoms with Gasteiger partial charge in [-0.15, -0.1) is 0 Å². The van der Waals surface area contributed by atoms with Gasteiger partial charge in [-0.2, -0.15) is 5.10 Å². The van der Waals surface area contributed by atoms with E-state index in [0.717, 1.165) is 18.2 Å². The van der Waals surface area contributed by atoms with Crippen LogP contribution < -0.4 is 5.32 Å². The van der Waals surface area contributed by atoms with Crippen LogP contribution in [0.25, 0.3) is 0 Å². The number of aromatic nitrogens is 3. The summed E-state index contributed by atoms with van der Waals surface area (Å²) < 4.78 is 2.37. The molecule has 1 amide bonds. The topological polar surface area (TPSA) is 62.7 Å². The Morgan fingerprint density at radius 3 is 2.94 bits per heavy atom. The molecule has 0 bridgehead atoms. The number of amides is 1. The van der Waals surface area contributed by atoms with E-state index >= 15 is 0 Å². The Balaban J connectivity index is 1.50. The van der Waals surface area contributed by atoms with Crippen LogP contribution in [0.3, 0.4) is 0 Å². The van der Waals surface area contributed by atoms with E-state index < -0.39 is 0 Å². The van der Waals surface area contributed by atoms with Crippen LogP contribution in [0.15, 0.2) is 0 Å². The van der Waals surface area contributed by atoms with Crippen molar-refractivity contribution in [3.63, 3.8) is 0 Å². The number of nitrogens with one attached hydrogen (secondary N) is 2. The first-order valence-corrected chi connectivity index (χ1v) is 6.95. The smallest absolute Gasteiger partial charge is 0.223 e. The van der Waals surface area contributed by atoms with Crippen LogP contribution in [0.5, 0.6) is 0 Å². The standard InChI is InChI=1S/C12H18N4OS/c1-16-10(14-15-12(16)18)6-13-11(17)9-5-8(9)7-3-2-4-7/h7-9H,2-6H2,1H3,(H,13,17)(H,15,18). The van der Waals surface area contributed by atoms with E-state index in [2.05, 4.69) is 15.5 Å². The zero-order chi connectivity index (χ0) is 12.7. The van der Waals surface area contributed by atoms with Gasteiger partial charge in [-0.1, -0.05) is 19.3 Å². The molecule has 2 unspecified atom stereocenters. The molecule has 0 spiro atoms. The Kier molecular flexibility index (Phi) is 2.97. The second-order valence-electron chi connectivity index (χ2n) is 5.42. The van der Waals surface area contributed by atoms with Crippen molar-refractivity contribution in [1.29, 1.82) is 0 Å². The van der Waals surface area contributed by atoms with Crippen molar-refractivity contribution >= 4 is 18.1 Å². The zero-order valence-corrected chi connectivity index (χ0v) is 11.3. The maximum atomic E-state index is 12.0. The third kappa shape index (κ3) is 2.09. The molecule has 0 radical (unpaired) electrons. The minimum atomic E-state index is 0.181. The molecule has 2 aliphatic carbocycles. The number of hydrogen-bond donors (Lipinski definition) is 2. The molecule has 2 N–H and O–H groups in total. The van der Waals surface area contributed by atoms with Gasteiger partial charge in [0.15, 0.2) is 10.6 Å². The van der Waals surface area contributed by atoms with Gasteiger partial charge < -0.3 is 9.88 Å². The van der Waals surface area contributed by atoms with Crippen LogP contribution in [-0.4, -0.2) is 20.7 Å². The molecule has 1 aromatic heterocycles. The number of aromatic amines is 1. The van der Waals surface area contributed by atoms with E-state index in [1.807, 2.05) is 7.05 Å². The Morgan fingerprint density at radius 1 is 1.61 bits per heavy atom.